The molecule has 1 aromatic carbocycles. The molecule has 1 amide bonds. The quantitative estimate of drug-likeness (QED) is 0.798. The van der Waals surface area contributed by atoms with E-state index >= 15 is 0 Å². The molecule has 0 spiro atoms. The van der Waals surface area contributed by atoms with Gasteiger partial charge in [-0.25, -0.2) is 5.48 Å². The smallest absolute Gasteiger partial charge is 0.274 e. The van der Waals surface area contributed by atoms with Crippen molar-refractivity contribution in [2.45, 2.75) is 26.4 Å². The van der Waals surface area contributed by atoms with E-state index in [9.17, 15) is 4.79 Å². The molecule has 0 aromatic heterocycles. The topological polar surface area (TPSA) is 56.8 Å². The SMILES string of the molecule is CC(C)(C)ONC(=O)c1ccc2c(c1)OCO2. The lowest BCUT2D eigenvalue weighted by Crippen LogP contribution is -2.33. The van der Waals surface area contributed by atoms with E-state index in [1.807, 2.05) is 20.8 Å². The minimum Gasteiger partial charge on any atom is -0.454 e. The van der Waals surface area contributed by atoms with Crippen molar-refractivity contribution in [1.82, 2.24) is 5.48 Å². The average molecular weight is 237 g/mol. The fourth-order valence-electron chi connectivity index (χ4n) is 1.30. The highest BCUT2D eigenvalue weighted by Gasteiger charge is 2.18. The summed E-state index contributed by atoms with van der Waals surface area (Å²) >= 11 is 0. The van der Waals surface area contributed by atoms with Gasteiger partial charge >= 0.3 is 0 Å². The highest BCUT2D eigenvalue weighted by atomic mass is 16.7. The number of fused-ring (bicyclic) bond motifs is 1. The number of rotatable bonds is 2. The predicted octanol–water partition coefficient (Wildman–Crippen LogP) is 1.88. The maximum absolute atomic E-state index is 11.8. The molecule has 5 nitrogen and oxygen atoms in total. The summed E-state index contributed by atoms with van der Waals surface area (Å²) in [5.41, 5.74) is 2.44. The molecule has 5 heteroatoms. The number of hydrogen-bond acceptors (Lipinski definition) is 4. The maximum atomic E-state index is 11.8. The maximum Gasteiger partial charge on any atom is 0.274 e. The van der Waals surface area contributed by atoms with E-state index in [-0.39, 0.29) is 12.7 Å². The molecule has 0 bridgehead atoms. The fourth-order valence-corrected chi connectivity index (χ4v) is 1.30. The van der Waals surface area contributed by atoms with Gasteiger partial charge < -0.3 is 9.47 Å². The van der Waals surface area contributed by atoms with E-state index in [2.05, 4.69) is 5.48 Å². The van der Waals surface area contributed by atoms with E-state index in [1.165, 1.54) is 0 Å². The molecule has 1 N–H and O–H groups in total. The van der Waals surface area contributed by atoms with Gasteiger partial charge in [0, 0.05) is 5.56 Å². The number of ether oxygens (including phenoxy) is 2. The third-order valence-corrected chi connectivity index (χ3v) is 2.08. The van der Waals surface area contributed by atoms with Crippen molar-refractivity contribution < 1.29 is 19.1 Å². The van der Waals surface area contributed by atoms with Gasteiger partial charge in [0.1, 0.15) is 0 Å². The Kier molecular flexibility index (Phi) is 2.93. The van der Waals surface area contributed by atoms with E-state index in [0.29, 0.717) is 17.1 Å². The Morgan fingerprint density at radius 3 is 2.71 bits per heavy atom. The first-order valence-corrected chi connectivity index (χ1v) is 5.34. The van der Waals surface area contributed by atoms with Crippen LogP contribution in [-0.2, 0) is 4.84 Å². The first-order chi connectivity index (χ1) is 7.96. The van der Waals surface area contributed by atoms with Crippen LogP contribution in [-0.4, -0.2) is 18.3 Å². The van der Waals surface area contributed by atoms with Gasteiger partial charge in [-0.15, -0.1) is 0 Å². The normalized spacial score (nSPS) is 13.6. The Morgan fingerprint density at radius 2 is 2.00 bits per heavy atom. The first kappa shape index (κ1) is 11.7. The van der Waals surface area contributed by atoms with Gasteiger partial charge in [-0.05, 0) is 39.0 Å². The third kappa shape index (κ3) is 2.88. The average Bonchev–Trinajstić information content (AvgIpc) is 2.71. The van der Waals surface area contributed by atoms with Crippen LogP contribution in [0.3, 0.4) is 0 Å². The second-order valence-electron chi connectivity index (χ2n) is 4.71. The number of carbonyl (C=O) groups is 1. The summed E-state index contributed by atoms with van der Waals surface area (Å²) < 4.78 is 10.4. The van der Waals surface area contributed by atoms with Crippen molar-refractivity contribution in [3.8, 4) is 11.5 Å². The van der Waals surface area contributed by atoms with Crippen LogP contribution in [0.4, 0.5) is 0 Å². The van der Waals surface area contributed by atoms with Crippen molar-refractivity contribution in [2.75, 3.05) is 6.79 Å². The molecule has 17 heavy (non-hydrogen) atoms. The number of hydroxylamine groups is 1. The first-order valence-electron chi connectivity index (χ1n) is 5.34. The number of nitrogens with one attached hydrogen (secondary N) is 1. The molecule has 1 aromatic rings. The zero-order valence-corrected chi connectivity index (χ0v) is 10.1. The summed E-state index contributed by atoms with van der Waals surface area (Å²) in [5.74, 6) is 0.921. The van der Waals surface area contributed by atoms with E-state index in [1.54, 1.807) is 18.2 Å². The molecule has 0 saturated carbocycles. The van der Waals surface area contributed by atoms with Crippen molar-refractivity contribution >= 4 is 5.91 Å². The highest BCUT2D eigenvalue weighted by molar-refractivity contribution is 5.94. The molecule has 1 heterocycles. The van der Waals surface area contributed by atoms with Crippen LogP contribution >= 0.6 is 0 Å². The minimum atomic E-state index is -0.425. The fraction of sp³-hybridized carbons (Fsp3) is 0.417. The van der Waals surface area contributed by atoms with Gasteiger partial charge in [0.2, 0.25) is 6.79 Å². The Bertz CT molecular complexity index is 437. The lowest BCUT2D eigenvalue weighted by atomic mass is 10.2. The molecular formula is C12H15NO4. The Hall–Kier alpha value is -1.75. The van der Waals surface area contributed by atoms with Crippen LogP contribution in [0.5, 0.6) is 11.5 Å². The summed E-state index contributed by atoms with van der Waals surface area (Å²) in [5, 5.41) is 0. The van der Waals surface area contributed by atoms with Crippen LogP contribution in [0, 0.1) is 0 Å². The van der Waals surface area contributed by atoms with Gasteiger partial charge in [0.15, 0.2) is 11.5 Å². The minimum absolute atomic E-state index is 0.193. The lowest BCUT2D eigenvalue weighted by Gasteiger charge is -2.18. The third-order valence-electron chi connectivity index (χ3n) is 2.08. The van der Waals surface area contributed by atoms with E-state index < -0.39 is 5.60 Å². The number of benzene rings is 1. The lowest BCUT2D eigenvalue weighted by molar-refractivity contribution is -0.0589. The Morgan fingerprint density at radius 1 is 1.29 bits per heavy atom. The van der Waals surface area contributed by atoms with Crippen LogP contribution in [0.2, 0.25) is 0 Å². The summed E-state index contributed by atoms with van der Waals surface area (Å²) in [6, 6.07) is 4.99. The van der Waals surface area contributed by atoms with Crippen LogP contribution < -0.4 is 15.0 Å². The van der Waals surface area contributed by atoms with Gasteiger partial charge in [-0.1, -0.05) is 0 Å². The summed E-state index contributed by atoms with van der Waals surface area (Å²) in [6.07, 6.45) is 0. The van der Waals surface area contributed by atoms with Gasteiger partial charge in [0.05, 0.1) is 5.60 Å². The number of amides is 1. The van der Waals surface area contributed by atoms with E-state index in [4.69, 9.17) is 14.3 Å². The monoisotopic (exact) mass is 237 g/mol. The standard InChI is InChI=1S/C12H15NO4/c1-12(2,3)17-13-11(14)8-4-5-9-10(6-8)16-7-15-9/h4-6H,7H2,1-3H3,(H,13,14). The molecule has 0 unspecified atom stereocenters. The molecule has 0 fully saturated rings. The molecule has 1 aliphatic heterocycles. The predicted molar refractivity (Wildman–Crippen MR) is 60.9 cm³/mol. The molecule has 0 saturated heterocycles. The summed E-state index contributed by atoms with van der Waals surface area (Å²) in [6.45, 7) is 5.76. The largest absolute Gasteiger partial charge is 0.454 e. The number of hydrogen-bond donors (Lipinski definition) is 1. The Labute approximate surface area is 99.6 Å². The molecular weight excluding hydrogens is 222 g/mol. The van der Waals surface area contributed by atoms with Crippen LogP contribution in [0.25, 0.3) is 0 Å². The van der Waals surface area contributed by atoms with Crippen molar-refractivity contribution in [1.29, 1.82) is 0 Å². The summed E-state index contributed by atoms with van der Waals surface area (Å²) in [7, 11) is 0. The van der Waals surface area contributed by atoms with Gasteiger partial charge in [0.25, 0.3) is 5.91 Å². The van der Waals surface area contributed by atoms with Crippen molar-refractivity contribution in [3.05, 3.63) is 23.8 Å². The van der Waals surface area contributed by atoms with Crippen molar-refractivity contribution in [2.24, 2.45) is 0 Å². The highest BCUT2D eigenvalue weighted by Crippen LogP contribution is 2.32. The van der Waals surface area contributed by atoms with Gasteiger partial charge in [-0.3, -0.25) is 9.63 Å². The van der Waals surface area contributed by atoms with Gasteiger partial charge in [-0.2, -0.15) is 0 Å². The number of carbonyl (C=O) groups excluding carboxylic acids is 1. The van der Waals surface area contributed by atoms with Crippen molar-refractivity contribution in [3.63, 3.8) is 0 Å². The molecule has 92 valence electrons. The van der Waals surface area contributed by atoms with Crippen LogP contribution in [0.15, 0.2) is 18.2 Å². The second kappa shape index (κ2) is 4.25. The zero-order chi connectivity index (χ0) is 12.5. The van der Waals surface area contributed by atoms with Crippen LogP contribution in [0.1, 0.15) is 31.1 Å². The van der Waals surface area contributed by atoms with E-state index in [0.717, 1.165) is 0 Å². The molecule has 1 aliphatic rings. The molecule has 0 radical (unpaired) electrons. The molecule has 0 aliphatic carbocycles. The zero-order valence-electron chi connectivity index (χ0n) is 10.1. The summed E-state index contributed by atoms with van der Waals surface area (Å²) in [4.78, 5) is 17.0. The molecule has 2 rings (SSSR count). The molecule has 0 atom stereocenters. The second-order valence-corrected chi connectivity index (χ2v) is 4.71. The Balaban J connectivity index is 2.05.